The van der Waals surface area contributed by atoms with Crippen LogP contribution in [0.4, 0.5) is 0 Å². The van der Waals surface area contributed by atoms with Gasteiger partial charge >= 0.3 is 5.69 Å². The molecule has 11 nitrogen and oxygen atoms in total. The van der Waals surface area contributed by atoms with Crippen molar-refractivity contribution >= 4 is 17.1 Å². The SMILES string of the molecule is CCN(CC)CCOc1ccc(CNC(=O)Cn2c(=O)c3c(ncn3C)n(C)c2=O)cc1OC. The topological polar surface area (TPSA) is 113 Å². The first kappa shape index (κ1) is 25.0. The Morgan fingerprint density at radius 1 is 1.15 bits per heavy atom. The average molecular weight is 473 g/mol. The van der Waals surface area contributed by atoms with Crippen LogP contribution in [-0.2, 0) is 32.0 Å². The standard InChI is InChI=1S/C23H32N6O5/c1-6-28(7-2)10-11-34-17-9-8-16(12-18(17)33-5)13-24-19(30)14-29-22(31)20-21(25-15-26(20)3)27(4)23(29)32/h8-9,12,15H,6-7,10-11,13-14H2,1-5H3,(H,24,30). The highest BCUT2D eigenvalue weighted by Gasteiger charge is 2.17. The molecule has 0 spiro atoms. The number of benzene rings is 1. The lowest BCUT2D eigenvalue weighted by atomic mass is 10.2. The first-order valence-corrected chi connectivity index (χ1v) is 11.2. The molecule has 1 aromatic carbocycles. The molecular weight excluding hydrogens is 440 g/mol. The number of rotatable bonds is 11. The van der Waals surface area contributed by atoms with Crippen molar-refractivity contribution in [3.05, 3.63) is 50.9 Å². The molecule has 184 valence electrons. The van der Waals surface area contributed by atoms with Gasteiger partial charge in [-0.15, -0.1) is 0 Å². The number of fused-ring (bicyclic) bond motifs is 1. The lowest BCUT2D eigenvalue weighted by Gasteiger charge is -2.19. The molecule has 2 heterocycles. The summed E-state index contributed by atoms with van der Waals surface area (Å²) in [5.74, 6) is 0.738. The summed E-state index contributed by atoms with van der Waals surface area (Å²) in [7, 11) is 4.74. The zero-order chi connectivity index (χ0) is 24.8. The number of nitrogens with zero attached hydrogens (tertiary/aromatic N) is 5. The second-order valence-corrected chi connectivity index (χ2v) is 7.90. The van der Waals surface area contributed by atoms with Gasteiger partial charge in [0, 0.05) is 27.2 Å². The average Bonchev–Trinajstić information content (AvgIpc) is 3.23. The summed E-state index contributed by atoms with van der Waals surface area (Å²) in [4.78, 5) is 44.2. The van der Waals surface area contributed by atoms with Gasteiger partial charge in [-0.3, -0.25) is 14.2 Å². The monoisotopic (exact) mass is 472 g/mol. The molecule has 0 radical (unpaired) electrons. The molecule has 34 heavy (non-hydrogen) atoms. The van der Waals surface area contributed by atoms with Crippen LogP contribution in [0.2, 0.25) is 0 Å². The summed E-state index contributed by atoms with van der Waals surface area (Å²) in [6, 6.07) is 5.43. The maximum atomic E-state index is 12.8. The Morgan fingerprint density at radius 3 is 2.56 bits per heavy atom. The zero-order valence-electron chi connectivity index (χ0n) is 20.3. The molecule has 0 aliphatic rings. The second kappa shape index (κ2) is 11.0. The molecule has 11 heteroatoms. The van der Waals surface area contributed by atoms with E-state index in [0.717, 1.165) is 29.8 Å². The molecule has 0 atom stereocenters. The number of methoxy groups -OCH3 is 1. The van der Waals surface area contributed by atoms with E-state index in [0.29, 0.717) is 18.1 Å². The van der Waals surface area contributed by atoms with E-state index in [-0.39, 0.29) is 17.7 Å². The fraction of sp³-hybridized carbons (Fsp3) is 0.478. The van der Waals surface area contributed by atoms with Gasteiger partial charge in [0.1, 0.15) is 13.2 Å². The van der Waals surface area contributed by atoms with E-state index in [1.165, 1.54) is 22.5 Å². The minimum atomic E-state index is -0.598. The van der Waals surface area contributed by atoms with E-state index in [9.17, 15) is 14.4 Å². The van der Waals surface area contributed by atoms with Crippen LogP contribution in [0.5, 0.6) is 11.5 Å². The number of carbonyl (C=O) groups is 1. The Labute approximate surface area is 197 Å². The van der Waals surface area contributed by atoms with E-state index in [2.05, 4.69) is 29.0 Å². The van der Waals surface area contributed by atoms with E-state index in [4.69, 9.17) is 9.47 Å². The summed E-state index contributed by atoms with van der Waals surface area (Å²) in [5, 5.41) is 2.75. The number of hydrogen-bond donors (Lipinski definition) is 1. The van der Waals surface area contributed by atoms with Crippen molar-refractivity contribution in [2.24, 2.45) is 14.1 Å². The Hall–Kier alpha value is -3.60. The van der Waals surface area contributed by atoms with Crippen molar-refractivity contribution in [2.75, 3.05) is 33.4 Å². The molecule has 2 aromatic heterocycles. The van der Waals surface area contributed by atoms with Crippen LogP contribution in [0.15, 0.2) is 34.1 Å². The van der Waals surface area contributed by atoms with Gasteiger partial charge in [0.2, 0.25) is 5.91 Å². The van der Waals surface area contributed by atoms with Crippen LogP contribution < -0.4 is 26.0 Å². The highest BCUT2D eigenvalue weighted by Crippen LogP contribution is 2.28. The fourth-order valence-corrected chi connectivity index (χ4v) is 3.70. The van der Waals surface area contributed by atoms with Gasteiger partial charge in [0.05, 0.1) is 13.4 Å². The van der Waals surface area contributed by atoms with Crippen molar-refractivity contribution in [2.45, 2.75) is 26.9 Å². The molecule has 0 fully saturated rings. The van der Waals surface area contributed by atoms with Gasteiger partial charge in [-0.25, -0.2) is 14.3 Å². The summed E-state index contributed by atoms with van der Waals surface area (Å²) < 4.78 is 15.0. The summed E-state index contributed by atoms with van der Waals surface area (Å²) in [5.41, 5.74) is 0.181. The van der Waals surface area contributed by atoms with E-state index < -0.39 is 23.7 Å². The summed E-state index contributed by atoms with van der Waals surface area (Å²) in [6.07, 6.45) is 1.46. The summed E-state index contributed by atoms with van der Waals surface area (Å²) in [6.45, 7) is 7.31. The van der Waals surface area contributed by atoms with Crippen molar-refractivity contribution in [1.82, 2.24) is 28.9 Å². The molecule has 0 aliphatic heterocycles. The third-order valence-corrected chi connectivity index (χ3v) is 5.78. The maximum Gasteiger partial charge on any atom is 0.332 e. The molecule has 0 saturated carbocycles. The molecule has 0 bridgehead atoms. The normalized spacial score (nSPS) is 11.2. The van der Waals surface area contributed by atoms with Crippen LogP contribution in [-0.4, -0.2) is 62.8 Å². The zero-order valence-corrected chi connectivity index (χ0v) is 20.3. The van der Waals surface area contributed by atoms with Gasteiger partial charge < -0.3 is 24.3 Å². The first-order chi connectivity index (χ1) is 16.3. The molecule has 0 saturated heterocycles. The minimum absolute atomic E-state index is 0.206. The van der Waals surface area contributed by atoms with E-state index in [1.54, 1.807) is 26.3 Å². The predicted octanol–water partition coefficient (Wildman–Crippen LogP) is 0.479. The Bertz CT molecular complexity index is 1270. The number of amides is 1. The first-order valence-electron chi connectivity index (χ1n) is 11.2. The van der Waals surface area contributed by atoms with Crippen LogP contribution in [0.25, 0.3) is 11.2 Å². The molecule has 1 N–H and O–H groups in total. The Balaban J connectivity index is 1.66. The largest absolute Gasteiger partial charge is 0.493 e. The van der Waals surface area contributed by atoms with Gasteiger partial charge in [-0.2, -0.15) is 0 Å². The van der Waals surface area contributed by atoms with Gasteiger partial charge in [0.25, 0.3) is 5.56 Å². The highest BCUT2D eigenvalue weighted by molar-refractivity contribution is 5.76. The third kappa shape index (κ3) is 5.30. The van der Waals surface area contributed by atoms with E-state index >= 15 is 0 Å². The third-order valence-electron chi connectivity index (χ3n) is 5.78. The number of carbonyl (C=O) groups excluding carboxylic acids is 1. The van der Waals surface area contributed by atoms with Gasteiger partial charge in [0.15, 0.2) is 22.7 Å². The van der Waals surface area contributed by atoms with Crippen LogP contribution >= 0.6 is 0 Å². The van der Waals surface area contributed by atoms with Crippen LogP contribution in [0.3, 0.4) is 0 Å². The van der Waals surface area contributed by atoms with Crippen molar-refractivity contribution < 1.29 is 14.3 Å². The van der Waals surface area contributed by atoms with Crippen LogP contribution in [0, 0.1) is 0 Å². The number of ether oxygens (including phenoxy) is 2. The molecule has 0 unspecified atom stereocenters. The quantitative estimate of drug-likeness (QED) is 0.432. The Morgan fingerprint density at radius 2 is 1.88 bits per heavy atom. The van der Waals surface area contributed by atoms with Crippen molar-refractivity contribution in [1.29, 1.82) is 0 Å². The number of aromatic nitrogens is 4. The smallest absolute Gasteiger partial charge is 0.332 e. The molecule has 1 amide bonds. The number of imidazole rings is 1. The van der Waals surface area contributed by atoms with Crippen molar-refractivity contribution in [3.8, 4) is 11.5 Å². The second-order valence-electron chi connectivity index (χ2n) is 7.90. The predicted molar refractivity (Wildman–Crippen MR) is 128 cm³/mol. The number of hydrogen-bond acceptors (Lipinski definition) is 7. The minimum Gasteiger partial charge on any atom is -0.493 e. The molecule has 0 aliphatic carbocycles. The highest BCUT2D eigenvalue weighted by atomic mass is 16.5. The molecule has 3 rings (SSSR count). The van der Waals surface area contributed by atoms with E-state index in [1.807, 2.05) is 6.07 Å². The Kier molecular flexibility index (Phi) is 8.11. The van der Waals surface area contributed by atoms with Gasteiger partial charge in [-0.05, 0) is 30.8 Å². The van der Waals surface area contributed by atoms with Crippen molar-refractivity contribution in [3.63, 3.8) is 0 Å². The number of aryl methyl sites for hydroxylation is 2. The number of likely N-dealkylation sites (N-methyl/N-ethyl adjacent to an activating group) is 1. The van der Waals surface area contributed by atoms with Crippen LogP contribution in [0.1, 0.15) is 19.4 Å². The fourth-order valence-electron chi connectivity index (χ4n) is 3.70. The summed E-state index contributed by atoms with van der Waals surface area (Å²) >= 11 is 0. The number of nitrogens with one attached hydrogen (secondary N) is 1. The molecular formula is C23H32N6O5. The maximum absolute atomic E-state index is 12.8. The lowest BCUT2D eigenvalue weighted by molar-refractivity contribution is -0.121. The molecule has 3 aromatic rings. The van der Waals surface area contributed by atoms with Gasteiger partial charge in [-0.1, -0.05) is 19.9 Å². The lowest BCUT2D eigenvalue weighted by Crippen LogP contribution is -2.43.